The third-order valence-electron chi connectivity index (χ3n) is 5.01. The summed E-state index contributed by atoms with van der Waals surface area (Å²) in [5.74, 6) is 0.185. The fraction of sp³-hybridized carbons (Fsp3) is 0.160. The van der Waals surface area contributed by atoms with E-state index in [1.807, 2.05) is 30.3 Å². The van der Waals surface area contributed by atoms with Crippen LogP contribution in [0.2, 0.25) is 5.02 Å². The predicted octanol–water partition coefficient (Wildman–Crippen LogP) is 5.91. The van der Waals surface area contributed by atoms with Gasteiger partial charge in [-0.2, -0.15) is 5.10 Å². The number of methoxy groups -OCH3 is 1. The molecule has 0 bridgehead atoms. The number of amides is 2. The second kappa shape index (κ2) is 10.8. The molecule has 2 N–H and O–H groups in total. The third-order valence-corrected chi connectivity index (χ3v) is 5.87. The van der Waals surface area contributed by atoms with Crippen LogP contribution in [0.4, 0.5) is 5.69 Å². The number of rotatable bonds is 8. The number of hydrogen-bond acceptors (Lipinski definition) is 6. The summed E-state index contributed by atoms with van der Waals surface area (Å²) in [4.78, 5) is 24.6. The maximum atomic E-state index is 12.6. The molecule has 3 aromatic carbocycles. The first kappa shape index (κ1) is 24.6. The predicted molar refractivity (Wildman–Crippen MR) is 139 cm³/mol. The van der Waals surface area contributed by atoms with Crippen LogP contribution in [0.1, 0.15) is 13.3 Å². The molecule has 4 aromatic rings. The van der Waals surface area contributed by atoms with Gasteiger partial charge in [0.05, 0.1) is 23.7 Å². The molecule has 0 unspecified atom stereocenters. The highest BCUT2D eigenvalue weighted by Gasteiger charge is 2.15. The number of hydrazone groups is 1. The lowest BCUT2D eigenvalue weighted by molar-refractivity contribution is -0.123. The van der Waals surface area contributed by atoms with Crippen molar-refractivity contribution in [3.8, 4) is 11.5 Å². The molecule has 1 heterocycles. The van der Waals surface area contributed by atoms with Crippen LogP contribution in [0.3, 0.4) is 0 Å². The lowest BCUT2D eigenvalue weighted by Crippen LogP contribution is -2.26. The highest BCUT2D eigenvalue weighted by atomic mass is 79.9. The first-order valence-electron chi connectivity index (χ1n) is 10.5. The van der Waals surface area contributed by atoms with Crippen LogP contribution in [0.5, 0.6) is 11.5 Å². The number of fused-ring (bicyclic) bond motifs is 3. The van der Waals surface area contributed by atoms with E-state index in [0.717, 1.165) is 16.4 Å². The number of para-hydroxylation sites is 1. The third kappa shape index (κ3) is 5.93. The molecule has 1 aromatic heterocycles. The van der Waals surface area contributed by atoms with Gasteiger partial charge in [-0.3, -0.25) is 9.59 Å². The van der Waals surface area contributed by atoms with Gasteiger partial charge in [0.2, 0.25) is 5.91 Å². The van der Waals surface area contributed by atoms with E-state index in [1.165, 1.54) is 7.11 Å². The maximum Gasteiger partial charge on any atom is 0.277 e. The van der Waals surface area contributed by atoms with Crippen molar-refractivity contribution in [3.05, 3.63) is 64.1 Å². The molecule has 35 heavy (non-hydrogen) atoms. The van der Waals surface area contributed by atoms with Crippen molar-refractivity contribution < 1.29 is 23.5 Å². The first-order valence-corrected chi connectivity index (χ1v) is 11.7. The van der Waals surface area contributed by atoms with Crippen molar-refractivity contribution in [2.75, 3.05) is 19.0 Å². The summed E-state index contributed by atoms with van der Waals surface area (Å²) in [7, 11) is 1.53. The fourth-order valence-electron chi connectivity index (χ4n) is 3.41. The van der Waals surface area contributed by atoms with Crippen molar-refractivity contribution in [1.82, 2.24) is 5.43 Å². The Morgan fingerprint density at radius 2 is 1.83 bits per heavy atom. The van der Waals surface area contributed by atoms with Gasteiger partial charge in [0.25, 0.3) is 5.91 Å². The molecule has 0 radical (unpaired) electrons. The fourth-order valence-corrected chi connectivity index (χ4v) is 4.21. The molecule has 10 heteroatoms. The lowest BCUT2D eigenvalue weighted by atomic mass is 10.1. The summed E-state index contributed by atoms with van der Waals surface area (Å²) in [6.07, 6.45) is -0.0365. The molecule has 2 amide bonds. The van der Waals surface area contributed by atoms with E-state index in [9.17, 15) is 9.59 Å². The summed E-state index contributed by atoms with van der Waals surface area (Å²) in [6, 6.07) is 16.2. The Bertz CT molecular complexity index is 1450. The van der Waals surface area contributed by atoms with E-state index in [-0.39, 0.29) is 18.9 Å². The van der Waals surface area contributed by atoms with Crippen molar-refractivity contribution >= 4 is 72.7 Å². The molecular formula is C25H21BrClN3O5. The monoisotopic (exact) mass is 557 g/mol. The van der Waals surface area contributed by atoms with Crippen molar-refractivity contribution in [2.45, 2.75) is 13.3 Å². The van der Waals surface area contributed by atoms with Crippen LogP contribution in [0, 0.1) is 0 Å². The van der Waals surface area contributed by atoms with Gasteiger partial charge < -0.3 is 19.2 Å². The molecule has 0 saturated carbocycles. The van der Waals surface area contributed by atoms with Crippen LogP contribution < -0.4 is 20.2 Å². The second-order valence-electron chi connectivity index (χ2n) is 7.62. The second-order valence-corrected chi connectivity index (χ2v) is 8.91. The van der Waals surface area contributed by atoms with Gasteiger partial charge in [-0.1, -0.05) is 29.8 Å². The standard InChI is InChI=1S/C25H21BrClN3O5/c1-14(29-30-25(32)13-34-21-8-7-15(27)10-18(21)26)9-24(31)28-19-12-22-17(11-23(19)33-2)16-5-3-4-6-20(16)35-22/h3-8,10-12H,9,13H2,1-2H3,(H,28,31)(H,30,32)/b29-14+. The summed E-state index contributed by atoms with van der Waals surface area (Å²) in [6.45, 7) is 1.38. The van der Waals surface area contributed by atoms with Gasteiger partial charge in [-0.05, 0) is 53.2 Å². The zero-order valence-electron chi connectivity index (χ0n) is 18.9. The highest BCUT2D eigenvalue weighted by molar-refractivity contribution is 9.10. The zero-order valence-corrected chi connectivity index (χ0v) is 21.2. The molecule has 0 saturated heterocycles. The van der Waals surface area contributed by atoms with Gasteiger partial charge in [0.15, 0.2) is 6.61 Å². The Morgan fingerprint density at radius 3 is 2.60 bits per heavy atom. The summed E-state index contributed by atoms with van der Waals surface area (Å²) in [5.41, 5.74) is 4.64. The molecule has 0 atom stereocenters. The lowest BCUT2D eigenvalue weighted by Gasteiger charge is -2.10. The molecule has 0 aliphatic heterocycles. The summed E-state index contributed by atoms with van der Waals surface area (Å²) in [5, 5.41) is 9.18. The Hall–Kier alpha value is -3.56. The maximum absolute atomic E-state index is 12.6. The zero-order chi connectivity index (χ0) is 24.9. The number of carbonyl (C=O) groups is 2. The largest absolute Gasteiger partial charge is 0.495 e. The quantitative estimate of drug-likeness (QED) is 0.207. The Balaban J connectivity index is 1.35. The van der Waals surface area contributed by atoms with Gasteiger partial charge in [0.1, 0.15) is 22.7 Å². The van der Waals surface area contributed by atoms with Crippen LogP contribution in [-0.4, -0.2) is 31.2 Å². The van der Waals surface area contributed by atoms with Gasteiger partial charge >= 0.3 is 0 Å². The Kier molecular flexibility index (Phi) is 7.57. The number of nitrogens with one attached hydrogen (secondary N) is 2. The topological polar surface area (TPSA) is 102 Å². The number of nitrogens with zero attached hydrogens (tertiary/aromatic N) is 1. The summed E-state index contributed by atoms with van der Waals surface area (Å²) >= 11 is 9.21. The molecule has 4 rings (SSSR count). The minimum absolute atomic E-state index is 0.0365. The van der Waals surface area contributed by atoms with Gasteiger partial charge in [-0.15, -0.1) is 0 Å². The van der Waals surface area contributed by atoms with E-state index in [0.29, 0.717) is 38.0 Å². The normalized spacial score (nSPS) is 11.5. The van der Waals surface area contributed by atoms with E-state index in [4.69, 9.17) is 25.5 Å². The average molecular weight is 559 g/mol. The SMILES string of the molecule is COc1cc2c(cc1NC(=O)C/C(C)=N/NC(=O)COc1ccc(Cl)cc1Br)oc1ccccc12. The van der Waals surface area contributed by atoms with Crippen LogP contribution in [-0.2, 0) is 9.59 Å². The first-order chi connectivity index (χ1) is 16.8. The number of furan rings is 1. The van der Waals surface area contributed by atoms with Crippen LogP contribution in [0.15, 0.2) is 68.6 Å². The Morgan fingerprint density at radius 1 is 1.03 bits per heavy atom. The van der Waals surface area contributed by atoms with E-state index in [1.54, 1.807) is 31.2 Å². The number of halogens is 2. The van der Waals surface area contributed by atoms with Crippen molar-refractivity contribution in [2.24, 2.45) is 5.10 Å². The minimum Gasteiger partial charge on any atom is -0.495 e. The molecule has 0 aliphatic rings. The number of anilines is 1. The molecule has 0 fully saturated rings. The molecule has 0 aliphatic carbocycles. The molecule has 0 spiro atoms. The van der Waals surface area contributed by atoms with Gasteiger partial charge in [0, 0.05) is 27.6 Å². The van der Waals surface area contributed by atoms with Crippen LogP contribution in [0.25, 0.3) is 21.9 Å². The van der Waals surface area contributed by atoms with Crippen LogP contribution >= 0.6 is 27.5 Å². The van der Waals surface area contributed by atoms with E-state index in [2.05, 4.69) is 31.8 Å². The average Bonchev–Trinajstić information content (AvgIpc) is 3.18. The number of hydrogen-bond donors (Lipinski definition) is 2. The number of benzene rings is 3. The number of ether oxygens (including phenoxy) is 2. The Labute approximate surface area is 214 Å². The molecule has 180 valence electrons. The van der Waals surface area contributed by atoms with Crippen molar-refractivity contribution in [1.29, 1.82) is 0 Å². The highest BCUT2D eigenvalue weighted by Crippen LogP contribution is 2.36. The number of carbonyl (C=O) groups excluding carboxylic acids is 2. The minimum atomic E-state index is -0.469. The van der Waals surface area contributed by atoms with E-state index >= 15 is 0 Å². The van der Waals surface area contributed by atoms with Crippen molar-refractivity contribution in [3.63, 3.8) is 0 Å². The molecule has 8 nitrogen and oxygen atoms in total. The smallest absolute Gasteiger partial charge is 0.277 e. The molecular weight excluding hydrogens is 538 g/mol. The van der Waals surface area contributed by atoms with E-state index < -0.39 is 5.91 Å². The van der Waals surface area contributed by atoms with Gasteiger partial charge in [-0.25, -0.2) is 5.43 Å². The summed E-state index contributed by atoms with van der Waals surface area (Å²) < 4.78 is 17.4.